The van der Waals surface area contributed by atoms with Crippen LogP contribution in [0, 0.1) is 17.8 Å². The van der Waals surface area contributed by atoms with Gasteiger partial charge >= 0.3 is 5.97 Å². The summed E-state index contributed by atoms with van der Waals surface area (Å²) in [6.07, 6.45) is 11.4. The van der Waals surface area contributed by atoms with Crippen LogP contribution in [0.2, 0.25) is 0 Å². The maximum Gasteiger partial charge on any atom is 0.306 e. The van der Waals surface area contributed by atoms with Crippen molar-refractivity contribution < 1.29 is 39.1 Å². The fourth-order valence-electron chi connectivity index (χ4n) is 8.28. The number of ketones is 1. The molecule has 5 fully saturated rings. The van der Waals surface area contributed by atoms with E-state index in [0.29, 0.717) is 12.0 Å². The summed E-state index contributed by atoms with van der Waals surface area (Å²) in [5.41, 5.74) is -4.66. The predicted octanol–water partition coefficient (Wildman–Crippen LogP) is 2.87. The maximum absolute atomic E-state index is 13.5. The number of epoxide rings is 1. The SMILES string of the molecule is C=C(C)[C@]12C[C@@H](C)[C@@]34O[C@](C=C/C=C/CCCCC)(O[C@@H]1[C@@H]3[C@@H]1O[C@]1(CO)[C@@H](O)[C@]1(O)C(=O)C(C)=C[C@H]14)O2. The van der Waals surface area contributed by atoms with E-state index in [1.54, 1.807) is 19.1 Å². The van der Waals surface area contributed by atoms with Gasteiger partial charge in [0.15, 0.2) is 11.4 Å². The first-order chi connectivity index (χ1) is 18.0. The fraction of sp³-hybridized carbons (Fsp3) is 0.700. The van der Waals surface area contributed by atoms with Crippen LogP contribution in [0.4, 0.5) is 0 Å². The molecule has 6 aliphatic rings. The number of Topliss-reactive ketones (excluding diaryl/α,β-unsaturated/α-hetero) is 1. The van der Waals surface area contributed by atoms with Crippen molar-refractivity contribution in [1.29, 1.82) is 0 Å². The molecule has 11 atom stereocenters. The van der Waals surface area contributed by atoms with Crippen molar-refractivity contribution in [3.63, 3.8) is 0 Å². The molecule has 208 valence electrons. The number of carbonyl (C=O) groups is 1. The van der Waals surface area contributed by atoms with Crippen molar-refractivity contribution >= 4 is 5.78 Å². The van der Waals surface area contributed by atoms with E-state index in [1.807, 2.05) is 26.0 Å². The van der Waals surface area contributed by atoms with Gasteiger partial charge in [0.2, 0.25) is 0 Å². The second-order valence-corrected chi connectivity index (χ2v) is 12.3. The van der Waals surface area contributed by atoms with E-state index in [-0.39, 0.29) is 5.92 Å². The van der Waals surface area contributed by atoms with Gasteiger partial charge in [0.05, 0.1) is 12.2 Å². The van der Waals surface area contributed by atoms with Crippen LogP contribution in [0.25, 0.3) is 0 Å². The third-order valence-electron chi connectivity index (χ3n) is 10.2. The summed E-state index contributed by atoms with van der Waals surface area (Å²) in [6, 6.07) is 0. The van der Waals surface area contributed by atoms with Crippen LogP contribution in [0.5, 0.6) is 0 Å². The van der Waals surface area contributed by atoms with Crippen LogP contribution in [-0.4, -0.2) is 74.4 Å². The quantitative estimate of drug-likeness (QED) is 0.191. The van der Waals surface area contributed by atoms with E-state index in [0.717, 1.165) is 24.8 Å². The van der Waals surface area contributed by atoms with E-state index in [1.165, 1.54) is 6.42 Å². The van der Waals surface area contributed by atoms with Crippen molar-refractivity contribution in [1.82, 2.24) is 0 Å². The highest BCUT2D eigenvalue weighted by atomic mass is 16.9. The van der Waals surface area contributed by atoms with Gasteiger partial charge < -0.3 is 34.3 Å². The summed E-state index contributed by atoms with van der Waals surface area (Å²) in [5.74, 6) is -3.79. The van der Waals surface area contributed by atoms with Crippen molar-refractivity contribution in [2.75, 3.05) is 6.61 Å². The van der Waals surface area contributed by atoms with E-state index in [4.69, 9.17) is 18.9 Å². The number of fused-ring (bicyclic) bond motifs is 3. The Morgan fingerprint density at radius 2 is 1.97 bits per heavy atom. The molecule has 0 unspecified atom stereocenters. The smallest absolute Gasteiger partial charge is 0.306 e. The standard InChI is InChI=1S/C30H40O8/c1-6-7-8-9-10-11-12-13-28-36-23-21-24-27(16-31,35-24)25(33)29(34)20(14-18(4)22(29)32)30(21,38-28)19(5)15-26(23,37-28)17(2)3/h10-14,19-21,23-25,31,33-34H,2,6-9,15-16H2,1,3-5H3/b11-10+,13-12?/t19-,20-,21-,23-,24+,25-,26-,27+,28-,29-,30+/m1/s1. The Bertz CT molecular complexity index is 1140. The van der Waals surface area contributed by atoms with E-state index in [9.17, 15) is 20.1 Å². The van der Waals surface area contributed by atoms with Crippen molar-refractivity contribution in [2.45, 2.75) is 106 Å². The van der Waals surface area contributed by atoms with Crippen molar-refractivity contribution in [3.8, 4) is 0 Å². The first-order valence-corrected chi connectivity index (χ1v) is 14.0. The summed E-state index contributed by atoms with van der Waals surface area (Å²) < 4.78 is 26.3. The zero-order valence-electron chi connectivity index (χ0n) is 22.7. The number of rotatable bonds is 8. The molecule has 6 rings (SSSR count). The first-order valence-electron chi connectivity index (χ1n) is 14.0. The van der Waals surface area contributed by atoms with E-state index >= 15 is 0 Å². The lowest BCUT2D eigenvalue weighted by atomic mass is 9.54. The van der Waals surface area contributed by atoms with Gasteiger partial charge in [-0.05, 0) is 50.2 Å². The van der Waals surface area contributed by atoms with Gasteiger partial charge in [-0.15, -0.1) is 0 Å². The van der Waals surface area contributed by atoms with E-state index in [2.05, 4.69) is 19.6 Å². The number of unbranched alkanes of at least 4 members (excludes halogenated alkanes) is 3. The second-order valence-electron chi connectivity index (χ2n) is 12.3. The molecule has 3 heterocycles. The molecule has 3 saturated heterocycles. The van der Waals surface area contributed by atoms with E-state index < -0.39 is 70.9 Å². The average molecular weight is 529 g/mol. The molecule has 8 heteroatoms. The Morgan fingerprint density at radius 1 is 1.21 bits per heavy atom. The lowest BCUT2D eigenvalue weighted by Gasteiger charge is -2.59. The Labute approximate surface area is 224 Å². The van der Waals surface area contributed by atoms with Crippen LogP contribution in [0.15, 0.2) is 48.1 Å². The summed E-state index contributed by atoms with van der Waals surface area (Å²) >= 11 is 0. The van der Waals surface area contributed by atoms with Crippen LogP contribution < -0.4 is 0 Å². The molecule has 3 N–H and O–H groups in total. The first kappa shape index (κ1) is 26.6. The molecular formula is C30H40O8. The van der Waals surface area contributed by atoms with Crippen molar-refractivity contribution in [2.24, 2.45) is 17.8 Å². The minimum absolute atomic E-state index is 0.235. The maximum atomic E-state index is 13.5. The molecule has 38 heavy (non-hydrogen) atoms. The molecular weight excluding hydrogens is 488 g/mol. The van der Waals surface area contributed by atoms with Gasteiger partial charge in [-0.25, -0.2) is 0 Å². The molecule has 0 radical (unpaired) electrons. The fourth-order valence-corrected chi connectivity index (χ4v) is 8.28. The van der Waals surface area contributed by atoms with Gasteiger partial charge in [-0.3, -0.25) is 4.79 Å². The molecule has 0 amide bonds. The molecule has 0 aromatic carbocycles. The summed E-state index contributed by atoms with van der Waals surface area (Å²) in [7, 11) is 0. The number of carbonyl (C=O) groups excluding carboxylic acids is 1. The number of ether oxygens (including phenoxy) is 4. The van der Waals surface area contributed by atoms with Gasteiger partial charge in [-0.2, -0.15) is 0 Å². The van der Waals surface area contributed by atoms with Gasteiger partial charge in [0.1, 0.15) is 29.5 Å². The molecule has 0 aromatic rings. The Kier molecular flexibility index (Phi) is 5.89. The molecule has 0 spiro atoms. The van der Waals surface area contributed by atoms with Crippen LogP contribution in [0.3, 0.4) is 0 Å². The number of hydrogen-bond donors (Lipinski definition) is 3. The lowest BCUT2D eigenvalue weighted by Crippen LogP contribution is -2.72. The van der Waals surface area contributed by atoms with Gasteiger partial charge in [0, 0.05) is 17.9 Å². The number of aliphatic hydroxyl groups excluding tert-OH is 2. The Morgan fingerprint density at radius 3 is 2.66 bits per heavy atom. The average Bonchev–Trinajstić information content (AvgIpc) is 3.52. The van der Waals surface area contributed by atoms with Crippen LogP contribution >= 0.6 is 0 Å². The molecule has 3 bridgehead atoms. The largest absolute Gasteiger partial charge is 0.393 e. The molecule has 8 nitrogen and oxygen atoms in total. The number of hydrogen-bond acceptors (Lipinski definition) is 8. The van der Waals surface area contributed by atoms with Gasteiger partial charge in [-0.1, -0.05) is 57.6 Å². The molecule has 2 saturated carbocycles. The molecule has 3 aliphatic carbocycles. The Balaban J connectivity index is 1.48. The third-order valence-corrected chi connectivity index (χ3v) is 10.2. The topological polar surface area (TPSA) is 118 Å². The second kappa shape index (κ2) is 8.43. The summed E-state index contributed by atoms with van der Waals surface area (Å²) in [5, 5.41) is 34.1. The lowest BCUT2D eigenvalue weighted by molar-refractivity contribution is -0.406. The normalized spacial score (nSPS) is 52.2. The highest BCUT2D eigenvalue weighted by molar-refractivity contribution is 6.05. The van der Waals surface area contributed by atoms with Crippen LogP contribution in [-0.2, 0) is 23.7 Å². The zero-order valence-corrected chi connectivity index (χ0v) is 22.7. The van der Waals surface area contributed by atoms with Crippen LogP contribution in [0.1, 0.15) is 59.8 Å². The third kappa shape index (κ3) is 3.03. The number of aliphatic hydroxyl groups is 3. The molecule has 3 aliphatic heterocycles. The summed E-state index contributed by atoms with van der Waals surface area (Å²) in [4.78, 5) is 13.5. The minimum atomic E-state index is -2.21. The predicted molar refractivity (Wildman–Crippen MR) is 138 cm³/mol. The van der Waals surface area contributed by atoms with Gasteiger partial charge in [0.25, 0.3) is 0 Å². The monoisotopic (exact) mass is 528 g/mol. The highest BCUT2D eigenvalue weighted by Crippen LogP contribution is 2.72. The number of allylic oxidation sites excluding steroid dienone is 3. The van der Waals surface area contributed by atoms with Crippen molar-refractivity contribution in [3.05, 3.63) is 48.1 Å². The molecule has 0 aromatic heterocycles. The highest BCUT2D eigenvalue weighted by Gasteiger charge is 2.88. The summed E-state index contributed by atoms with van der Waals surface area (Å²) in [6.45, 7) is 11.5. The Hall–Kier alpha value is -1.65. The zero-order chi connectivity index (χ0) is 27.3. The minimum Gasteiger partial charge on any atom is -0.393 e.